The number of carbonyl (C=O) groups is 4. The highest BCUT2D eigenvalue weighted by atomic mass is 31.2. The van der Waals surface area contributed by atoms with Crippen molar-refractivity contribution < 1.29 is 47.8 Å². The molecule has 5 rings (SSSR count). The minimum atomic E-state index is -3.79. The van der Waals surface area contributed by atoms with E-state index >= 15 is 0 Å². The Morgan fingerprint density at radius 1 is 0.821 bits per heavy atom. The van der Waals surface area contributed by atoms with Crippen molar-refractivity contribution in [1.82, 2.24) is 15.6 Å². The van der Waals surface area contributed by atoms with E-state index in [2.05, 4.69) is 15.6 Å². The Bertz CT molecular complexity index is 2210. The molecule has 1 aromatic heterocycles. The fraction of sp³-hybridized carbons (Fsp3) is 0.300. The van der Waals surface area contributed by atoms with Gasteiger partial charge < -0.3 is 19.8 Å². The fourth-order valence-electron chi connectivity index (χ4n) is 6.45. The van der Waals surface area contributed by atoms with Crippen LogP contribution in [0.2, 0.25) is 0 Å². The highest BCUT2D eigenvalue weighted by Crippen LogP contribution is 2.38. The number of aromatic nitrogens is 2. The summed E-state index contributed by atoms with van der Waals surface area (Å²) in [6, 6.07) is 25.9. The molecule has 0 aliphatic carbocycles. The maximum atomic E-state index is 14.1. The number of carboxylic acids is 1. The first-order valence-corrected chi connectivity index (χ1v) is 19.9. The number of amides is 1. The summed E-state index contributed by atoms with van der Waals surface area (Å²) in [5, 5.41) is 31.8. The molecule has 4 aromatic carbocycles. The number of fused-ring (bicyclic) bond motifs is 1. The van der Waals surface area contributed by atoms with Crippen molar-refractivity contribution >= 4 is 47.8 Å². The molecule has 16 heteroatoms. The summed E-state index contributed by atoms with van der Waals surface area (Å²) >= 11 is 0. The van der Waals surface area contributed by atoms with Gasteiger partial charge in [-0.15, -0.1) is 0 Å². The molecule has 0 saturated carbocycles. The van der Waals surface area contributed by atoms with Gasteiger partial charge in [-0.1, -0.05) is 72.8 Å². The van der Waals surface area contributed by atoms with Crippen LogP contribution in [0.5, 0.6) is 5.75 Å². The number of rotatable bonds is 21. The number of nitrogens with one attached hydrogen (secondary N) is 1. The summed E-state index contributed by atoms with van der Waals surface area (Å²) in [6.45, 7) is 1.04. The van der Waals surface area contributed by atoms with Crippen LogP contribution in [0.25, 0.3) is 11.0 Å². The summed E-state index contributed by atoms with van der Waals surface area (Å²) in [5.41, 5.74) is 2.75. The third kappa shape index (κ3) is 12.0. The van der Waals surface area contributed by atoms with Crippen LogP contribution in [0, 0.1) is 22.0 Å². The van der Waals surface area contributed by atoms with Crippen LogP contribution >= 0.6 is 7.60 Å². The Kier molecular flexibility index (Phi) is 14.0. The van der Waals surface area contributed by atoms with E-state index in [1.165, 1.54) is 18.2 Å². The number of non-ortho nitro benzene ring substituents is 1. The van der Waals surface area contributed by atoms with Gasteiger partial charge in [-0.25, -0.2) is 9.19 Å². The molecule has 2 unspecified atom stereocenters. The van der Waals surface area contributed by atoms with Gasteiger partial charge in [0.05, 0.1) is 16.9 Å². The summed E-state index contributed by atoms with van der Waals surface area (Å²) in [6.07, 6.45) is 0.555. The number of hydrogen-bond donors (Lipinski definition) is 3. The quantitative estimate of drug-likeness (QED) is 0.0435. The molecule has 292 valence electrons. The second-order valence-corrected chi connectivity index (χ2v) is 15.4. The van der Waals surface area contributed by atoms with Crippen LogP contribution in [0.3, 0.4) is 0 Å². The third-order valence-electron chi connectivity index (χ3n) is 9.21. The van der Waals surface area contributed by atoms with E-state index < -0.39 is 54.5 Å². The molecule has 15 nitrogen and oxygen atoms in total. The van der Waals surface area contributed by atoms with E-state index in [4.69, 9.17) is 9.15 Å². The number of hydrogen-bond acceptors (Lipinski definition) is 11. The molecule has 1 amide bonds. The van der Waals surface area contributed by atoms with E-state index in [1.807, 2.05) is 36.4 Å². The Hall–Kier alpha value is -6.05. The van der Waals surface area contributed by atoms with Crippen LogP contribution in [0.15, 0.2) is 102 Å². The molecule has 0 aliphatic heterocycles. The summed E-state index contributed by atoms with van der Waals surface area (Å²) in [5.74, 6) is -4.30. The minimum absolute atomic E-state index is 0.0192. The highest BCUT2D eigenvalue weighted by Gasteiger charge is 2.31. The molecule has 0 fully saturated rings. The standard InChI is InChI=1S/C40H41N4O11P/c1-56(52,53)54-33-18-15-28(16-19-33)22-31(40(48)49)25-36(46)34(23-27-11-6-3-7-12-27)41-39(47)30(21-26-9-4-2-5-10-26)24-32(45)14-8-13-29-17-20-35(44(50)51)38-37(29)42-55-43-38/h2-7,9-12,15-20,30-31,34H,8,13-14,21-25H2,1H3,(H,41,47)(H,48,49)(H,52,53)/t30?,31-,34+/m0/s1. The molecule has 1 heterocycles. The smallest absolute Gasteiger partial charge is 0.373 e. The highest BCUT2D eigenvalue weighted by molar-refractivity contribution is 7.52. The average molecular weight is 785 g/mol. The van der Waals surface area contributed by atoms with Gasteiger partial charge in [0.1, 0.15) is 17.0 Å². The molecule has 4 atom stereocenters. The number of nitro groups is 1. The van der Waals surface area contributed by atoms with Crippen molar-refractivity contribution in [2.24, 2.45) is 11.8 Å². The Balaban J connectivity index is 1.29. The number of aryl methyl sites for hydroxylation is 1. The van der Waals surface area contributed by atoms with Gasteiger partial charge in [0.15, 0.2) is 5.78 Å². The molecule has 56 heavy (non-hydrogen) atoms. The number of carbonyl (C=O) groups excluding carboxylic acids is 3. The summed E-state index contributed by atoms with van der Waals surface area (Å²) in [7, 11) is -3.79. The Morgan fingerprint density at radius 2 is 1.41 bits per heavy atom. The lowest BCUT2D eigenvalue weighted by atomic mass is 9.88. The van der Waals surface area contributed by atoms with Gasteiger partial charge in [0.2, 0.25) is 11.4 Å². The topological polar surface area (TPSA) is 229 Å². The monoisotopic (exact) mass is 784 g/mol. The van der Waals surface area contributed by atoms with Gasteiger partial charge in [-0.3, -0.25) is 29.3 Å². The first kappa shape index (κ1) is 41.1. The number of benzene rings is 4. The van der Waals surface area contributed by atoms with Crippen LogP contribution in [-0.2, 0) is 49.4 Å². The number of Topliss-reactive ketones (excluding diaryl/α,β-unsaturated/α-hetero) is 2. The molecule has 0 spiro atoms. The van der Waals surface area contributed by atoms with Crippen LogP contribution in [-0.4, -0.2) is 61.4 Å². The second-order valence-electron chi connectivity index (χ2n) is 13.6. The fourth-order valence-corrected chi connectivity index (χ4v) is 6.96. The number of ketones is 2. The van der Waals surface area contributed by atoms with E-state index in [1.54, 1.807) is 42.5 Å². The zero-order valence-electron chi connectivity index (χ0n) is 30.5. The maximum absolute atomic E-state index is 14.1. The number of carboxylic acid groups (broad SMARTS) is 1. The van der Waals surface area contributed by atoms with Gasteiger partial charge in [0.25, 0.3) is 0 Å². The molecule has 0 bridgehead atoms. The molecular formula is C40H41N4O11P. The van der Waals surface area contributed by atoms with Crippen molar-refractivity contribution in [2.45, 2.75) is 57.4 Å². The largest absolute Gasteiger partial charge is 0.481 e. The number of nitro benzene ring substituents is 1. The molecule has 0 radical (unpaired) electrons. The van der Waals surface area contributed by atoms with Crippen molar-refractivity contribution in [3.8, 4) is 5.75 Å². The average Bonchev–Trinajstić information content (AvgIpc) is 3.65. The molecular weight excluding hydrogens is 743 g/mol. The summed E-state index contributed by atoms with van der Waals surface area (Å²) < 4.78 is 21.3. The van der Waals surface area contributed by atoms with E-state index in [0.29, 0.717) is 24.0 Å². The zero-order valence-corrected chi connectivity index (χ0v) is 31.4. The van der Waals surface area contributed by atoms with Gasteiger partial charge >= 0.3 is 19.3 Å². The lowest BCUT2D eigenvalue weighted by Gasteiger charge is -2.23. The predicted molar refractivity (Wildman–Crippen MR) is 204 cm³/mol. The van der Waals surface area contributed by atoms with Gasteiger partial charge in [-0.05, 0) is 82.9 Å². The second kappa shape index (κ2) is 19.0. The van der Waals surface area contributed by atoms with Gasteiger partial charge in [-0.2, -0.15) is 0 Å². The number of aliphatic carboxylic acids is 1. The Labute approximate surface area is 321 Å². The SMILES string of the molecule is CP(=O)(O)Oc1ccc(C[C@@H](CC(=O)[C@@H](Cc2ccccc2)NC(=O)C(CC(=O)CCCc2ccc([N+](=O)[O-])c3nonc23)Cc2ccccc2)C(=O)O)cc1. The molecule has 3 N–H and O–H groups in total. The lowest BCUT2D eigenvalue weighted by molar-refractivity contribution is -0.383. The normalized spacial score (nSPS) is 13.9. The van der Waals surface area contributed by atoms with E-state index in [-0.39, 0.29) is 60.4 Å². The van der Waals surface area contributed by atoms with Gasteiger partial charge in [0, 0.05) is 37.9 Å². The lowest BCUT2D eigenvalue weighted by Crippen LogP contribution is -2.46. The number of nitrogens with zero attached hydrogens (tertiary/aromatic N) is 3. The molecule has 0 aliphatic rings. The van der Waals surface area contributed by atoms with Crippen LogP contribution in [0.4, 0.5) is 5.69 Å². The van der Waals surface area contributed by atoms with Crippen molar-refractivity contribution in [2.75, 3.05) is 6.66 Å². The maximum Gasteiger partial charge on any atom is 0.373 e. The predicted octanol–water partition coefficient (Wildman–Crippen LogP) is 6.10. The van der Waals surface area contributed by atoms with Crippen LogP contribution < -0.4 is 9.84 Å². The van der Waals surface area contributed by atoms with E-state index in [0.717, 1.165) is 17.8 Å². The van der Waals surface area contributed by atoms with Crippen LogP contribution in [0.1, 0.15) is 47.9 Å². The zero-order chi connectivity index (χ0) is 40.2. The van der Waals surface area contributed by atoms with Crippen molar-refractivity contribution in [3.63, 3.8) is 0 Å². The van der Waals surface area contributed by atoms with Crippen molar-refractivity contribution in [1.29, 1.82) is 0 Å². The van der Waals surface area contributed by atoms with E-state index in [9.17, 15) is 43.9 Å². The first-order chi connectivity index (χ1) is 26.8. The molecule has 0 saturated heterocycles. The minimum Gasteiger partial charge on any atom is -0.481 e. The first-order valence-electron chi connectivity index (χ1n) is 17.9. The summed E-state index contributed by atoms with van der Waals surface area (Å²) in [4.78, 5) is 74.1. The Morgan fingerprint density at radius 3 is 2.02 bits per heavy atom. The third-order valence-corrected chi connectivity index (χ3v) is 9.76. The molecule has 5 aromatic rings. The van der Waals surface area contributed by atoms with Crippen molar-refractivity contribution in [3.05, 3.63) is 129 Å².